The molecule has 0 aromatic heterocycles. The summed E-state index contributed by atoms with van der Waals surface area (Å²) in [5.74, 6) is 2.33. The zero-order valence-corrected chi connectivity index (χ0v) is 35.2. The summed E-state index contributed by atoms with van der Waals surface area (Å²) < 4.78 is 44.5. The third kappa shape index (κ3) is 6.19. The Morgan fingerprint density at radius 3 is 2.26 bits per heavy atom. The summed E-state index contributed by atoms with van der Waals surface area (Å²) in [6.07, 6.45) is 19.5. The maximum absolute atomic E-state index is 15.4. The van der Waals surface area contributed by atoms with E-state index in [0.717, 1.165) is 45.4 Å². The lowest BCUT2D eigenvalue weighted by atomic mass is 9.33. The fourth-order valence-electron chi connectivity index (χ4n) is 15.1. The van der Waals surface area contributed by atoms with Crippen LogP contribution in [0.3, 0.4) is 0 Å². The Morgan fingerprint density at radius 1 is 0.925 bits per heavy atom. The van der Waals surface area contributed by atoms with Crippen LogP contribution in [-0.4, -0.2) is 75.3 Å². The van der Waals surface area contributed by atoms with Gasteiger partial charge in [0.15, 0.2) is 0 Å². The predicted octanol–water partition coefficient (Wildman–Crippen LogP) is 9.02. The van der Waals surface area contributed by atoms with Gasteiger partial charge in [-0.2, -0.15) is 0 Å². The molecule has 1 saturated heterocycles. The van der Waals surface area contributed by atoms with E-state index in [0.29, 0.717) is 36.0 Å². The normalized spacial score (nSPS) is 44.4. The number of rotatable bonds is 8. The molecule has 298 valence electrons. The molecule has 1 aliphatic heterocycles. The number of alkyl halides is 1. The highest BCUT2D eigenvalue weighted by Crippen LogP contribution is 2.76. The van der Waals surface area contributed by atoms with E-state index >= 15 is 4.39 Å². The minimum absolute atomic E-state index is 0.0122. The number of hydrogen-bond donors (Lipinski definition) is 1. The number of carbonyl (C=O) groups is 1. The first-order valence-electron chi connectivity index (χ1n) is 21.2. The van der Waals surface area contributed by atoms with Crippen LogP contribution in [0, 0.1) is 51.2 Å². The van der Waals surface area contributed by atoms with Crippen molar-refractivity contribution in [2.75, 3.05) is 39.5 Å². The van der Waals surface area contributed by atoms with Crippen molar-refractivity contribution in [1.82, 2.24) is 10.2 Å². The van der Waals surface area contributed by atoms with E-state index in [1.54, 1.807) is 0 Å². The summed E-state index contributed by atoms with van der Waals surface area (Å²) in [4.78, 5) is 14.7. The molecular formula is C45H71FN2O4S. The number of piperidine rings is 1. The number of halogens is 1. The van der Waals surface area contributed by atoms with Gasteiger partial charge in [-0.15, -0.1) is 0 Å². The summed E-state index contributed by atoms with van der Waals surface area (Å²) in [5, 5.41) is 4.08. The van der Waals surface area contributed by atoms with Gasteiger partial charge in [-0.1, -0.05) is 58.9 Å². The molecule has 10 unspecified atom stereocenters. The zero-order valence-electron chi connectivity index (χ0n) is 34.4. The molecule has 0 aromatic rings. The van der Waals surface area contributed by atoms with Crippen LogP contribution in [0.1, 0.15) is 131 Å². The van der Waals surface area contributed by atoms with E-state index in [9.17, 15) is 13.2 Å². The van der Waals surface area contributed by atoms with Crippen molar-refractivity contribution in [3.63, 3.8) is 0 Å². The maximum atomic E-state index is 15.4. The molecule has 1 N–H and O–H groups in total. The average molecular weight is 755 g/mol. The van der Waals surface area contributed by atoms with Gasteiger partial charge in [0, 0.05) is 31.3 Å². The number of esters is 1. The van der Waals surface area contributed by atoms with E-state index in [1.807, 2.05) is 6.08 Å². The Labute approximate surface area is 321 Å². The van der Waals surface area contributed by atoms with Crippen LogP contribution in [0.4, 0.5) is 4.39 Å². The van der Waals surface area contributed by atoms with Gasteiger partial charge in [0.05, 0.1) is 12.4 Å². The highest BCUT2D eigenvalue weighted by atomic mass is 32.2. The average Bonchev–Trinajstić information content (AvgIpc) is 3.48. The standard InChI is InChI=1S/C45H71FN2O4S/c1-30(2)33-14-23-45(47-26-29-48-27-17-32(18-28-48)53(9,50)51)25-24-42(6)35(38(33)45)10-11-37-41(5)19-15-34(40(3,4)36(41)16-20-43(37,42)7)31-12-21-44(46,22-13-31)39(49)52-8/h12,15,32-33,35-38,47H,1,10-11,13-14,16-29H2,2-9H3. The number of likely N-dealkylation sites (tertiary alicyclic amines) is 1. The number of nitrogens with one attached hydrogen (secondary N) is 1. The van der Waals surface area contributed by atoms with Crippen molar-refractivity contribution in [2.24, 2.45) is 51.2 Å². The number of allylic oxidation sites excluding steroid dienone is 5. The highest BCUT2D eigenvalue weighted by Gasteiger charge is 2.70. The molecule has 0 spiro atoms. The number of carbonyl (C=O) groups excluding carboxylic acids is 1. The number of ether oxygens (including phenoxy) is 1. The largest absolute Gasteiger partial charge is 0.467 e. The van der Waals surface area contributed by atoms with Crippen LogP contribution in [0.5, 0.6) is 0 Å². The molecule has 0 amide bonds. The molecule has 7 rings (SSSR count). The van der Waals surface area contributed by atoms with Crippen molar-refractivity contribution in [3.05, 3.63) is 35.5 Å². The summed E-state index contributed by atoms with van der Waals surface area (Å²) in [6, 6.07) is 0. The molecule has 8 heteroatoms. The summed E-state index contributed by atoms with van der Waals surface area (Å²) in [6.45, 7) is 23.6. The Morgan fingerprint density at radius 2 is 1.64 bits per heavy atom. The van der Waals surface area contributed by atoms with Crippen LogP contribution < -0.4 is 5.32 Å². The smallest absolute Gasteiger partial charge is 0.343 e. The molecule has 0 bridgehead atoms. The Kier molecular flexibility index (Phi) is 10.2. The fraction of sp³-hybridized carbons (Fsp3) is 0.844. The van der Waals surface area contributed by atoms with Gasteiger partial charge in [0.2, 0.25) is 5.67 Å². The van der Waals surface area contributed by atoms with Gasteiger partial charge in [-0.05, 0) is 166 Å². The number of sulfone groups is 1. The molecule has 6 aliphatic carbocycles. The second-order valence-corrected chi connectivity index (χ2v) is 22.9. The molecule has 0 aromatic carbocycles. The van der Waals surface area contributed by atoms with E-state index in [-0.39, 0.29) is 45.3 Å². The molecular weight excluding hydrogens is 684 g/mol. The first-order chi connectivity index (χ1) is 24.8. The van der Waals surface area contributed by atoms with Crippen LogP contribution in [0.2, 0.25) is 0 Å². The summed E-state index contributed by atoms with van der Waals surface area (Å²) in [7, 11) is -1.67. The van der Waals surface area contributed by atoms with Gasteiger partial charge < -0.3 is 15.0 Å². The lowest BCUT2D eigenvalue weighted by Crippen LogP contribution is -2.68. The number of methoxy groups -OCH3 is 1. The third-order valence-electron chi connectivity index (χ3n) is 18.0. The van der Waals surface area contributed by atoms with Gasteiger partial charge in [-0.25, -0.2) is 17.6 Å². The molecule has 6 nitrogen and oxygen atoms in total. The highest BCUT2D eigenvalue weighted by molar-refractivity contribution is 7.91. The van der Waals surface area contributed by atoms with Crippen LogP contribution in [-0.2, 0) is 19.4 Å². The molecule has 1 heterocycles. The quantitative estimate of drug-likeness (QED) is 0.197. The van der Waals surface area contributed by atoms with E-state index in [1.165, 1.54) is 81.5 Å². The van der Waals surface area contributed by atoms with Crippen LogP contribution in [0.25, 0.3) is 0 Å². The topological polar surface area (TPSA) is 75.7 Å². The van der Waals surface area contributed by atoms with Crippen molar-refractivity contribution >= 4 is 15.8 Å². The zero-order chi connectivity index (χ0) is 38.4. The van der Waals surface area contributed by atoms with Gasteiger partial charge in [-0.3, -0.25) is 0 Å². The first-order valence-corrected chi connectivity index (χ1v) is 23.2. The van der Waals surface area contributed by atoms with Crippen molar-refractivity contribution in [3.8, 4) is 0 Å². The number of nitrogens with zero attached hydrogens (tertiary/aromatic N) is 1. The predicted molar refractivity (Wildman–Crippen MR) is 213 cm³/mol. The summed E-state index contributed by atoms with van der Waals surface area (Å²) >= 11 is 0. The van der Waals surface area contributed by atoms with Crippen molar-refractivity contribution in [2.45, 2.75) is 148 Å². The lowest BCUT2D eigenvalue weighted by molar-refractivity contribution is -0.221. The monoisotopic (exact) mass is 755 g/mol. The SMILES string of the molecule is C=C(C)C1CCC2(NCCN3CCC(S(C)(=O)=O)CC3)CCC3(C)C(CCC4C5(C)CC=C(C6=CCC(F)(C(=O)OC)CC6)C(C)(C)C5CCC43C)C12. The number of fused-ring (bicyclic) bond motifs is 7. The second kappa shape index (κ2) is 13.6. The molecule has 0 radical (unpaired) electrons. The number of hydrogen-bond acceptors (Lipinski definition) is 6. The maximum Gasteiger partial charge on any atom is 0.343 e. The first kappa shape index (κ1) is 39.7. The molecule has 7 aliphatic rings. The van der Waals surface area contributed by atoms with E-state index < -0.39 is 21.5 Å². The minimum Gasteiger partial charge on any atom is -0.467 e. The molecule has 4 saturated carbocycles. The fourth-order valence-corrected chi connectivity index (χ4v) is 16.1. The molecule has 53 heavy (non-hydrogen) atoms. The second-order valence-electron chi connectivity index (χ2n) is 20.6. The Bertz CT molecular complexity index is 1650. The lowest BCUT2D eigenvalue weighted by Gasteiger charge is -2.72. The molecule has 5 fully saturated rings. The van der Waals surface area contributed by atoms with Gasteiger partial charge in [0.1, 0.15) is 9.84 Å². The van der Waals surface area contributed by atoms with Crippen molar-refractivity contribution in [1.29, 1.82) is 0 Å². The molecule has 10 atom stereocenters. The Balaban J connectivity index is 1.10. The minimum atomic E-state index is -2.96. The summed E-state index contributed by atoms with van der Waals surface area (Å²) in [5.41, 5.74) is 3.01. The van der Waals surface area contributed by atoms with Gasteiger partial charge >= 0.3 is 5.97 Å². The van der Waals surface area contributed by atoms with Crippen molar-refractivity contribution < 1.29 is 22.3 Å². The Hall–Kier alpha value is -1.51. The third-order valence-corrected chi connectivity index (χ3v) is 19.7. The van der Waals surface area contributed by atoms with Gasteiger partial charge in [0.25, 0.3) is 0 Å². The van der Waals surface area contributed by atoms with E-state index in [2.05, 4.69) is 64.4 Å². The van der Waals surface area contributed by atoms with Crippen LogP contribution in [0.15, 0.2) is 35.5 Å². The van der Waals surface area contributed by atoms with Crippen LogP contribution >= 0.6 is 0 Å². The van der Waals surface area contributed by atoms with E-state index in [4.69, 9.17) is 4.74 Å².